The number of carbonyl (C=O) groups is 1. The van der Waals surface area contributed by atoms with Gasteiger partial charge in [-0.25, -0.2) is 5.84 Å². The van der Waals surface area contributed by atoms with E-state index in [1.54, 1.807) is 0 Å². The molecule has 2 rings (SSSR count). The molecule has 0 unspecified atom stereocenters. The quantitative estimate of drug-likeness (QED) is 0.477. The molecule has 1 heterocycles. The highest BCUT2D eigenvalue weighted by Gasteiger charge is 2.20. The second-order valence-corrected chi connectivity index (χ2v) is 6.01. The predicted molar refractivity (Wildman–Crippen MR) is 84.5 cm³/mol. The van der Waals surface area contributed by atoms with Crippen LogP contribution in [0.1, 0.15) is 24.0 Å². The number of carbonyl (C=O) groups excluding carboxylic acids is 1. The minimum atomic E-state index is -0.161. The minimum Gasteiger partial charge on any atom is -0.306 e. The molecule has 1 aliphatic heterocycles. The van der Waals surface area contributed by atoms with Crippen molar-refractivity contribution in [1.82, 2.24) is 15.2 Å². The van der Waals surface area contributed by atoms with Crippen molar-refractivity contribution in [3.05, 3.63) is 35.4 Å². The van der Waals surface area contributed by atoms with E-state index in [0.717, 1.165) is 12.1 Å². The third-order valence-corrected chi connectivity index (χ3v) is 4.29. The van der Waals surface area contributed by atoms with Crippen LogP contribution in [0.2, 0.25) is 0 Å². The molecule has 1 aromatic rings. The molecular weight excluding hydrogens is 264 g/mol. The molecule has 5 heteroatoms. The van der Waals surface area contributed by atoms with E-state index < -0.39 is 0 Å². The first kappa shape index (κ1) is 15.9. The van der Waals surface area contributed by atoms with E-state index in [9.17, 15) is 4.79 Å². The summed E-state index contributed by atoms with van der Waals surface area (Å²) < 4.78 is 0. The third kappa shape index (κ3) is 4.81. The van der Waals surface area contributed by atoms with Gasteiger partial charge < -0.3 is 4.90 Å². The molecule has 0 radical (unpaired) electrons. The largest absolute Gasteiger partial charge is 0.306 e. The SMILES string of the molecule is CN1CCC(N(C)Cc2ccc(CC(=O)NN)cc2)CC1. The lowest BCUT2D eigenvalue weighted by molar-refractivity contribution is -0.120. The van der Waals surface area contributed by atoms with Gasteiger partial charge in [0.2, 0.25) is 5.91 Å². The fourth-order valence-corrected chi connectivity index (χ4v) is 2.85. The first-order valence-corrected chi connectivity index (χ1v) is 7.54. The maximum atomic E-state index is 11.2. The molecule has 0 atom stereocenters. The Morgan fingerprint density at radius 3 is 2.43 bits per heavy atom. The number of hydrogen-bond donors (Lipinski definition) is 2. The average molecular weight is 290 g/mol. The van der Waals surface area contributed by atoms with Gasteiger partial charge in [-0.2, -0.15) is 0 Å². The summed E-state index contributed by atoms with van der Waals surface area (Å²) in [6, 6.07) is 8.89. The Morgan fingerprint density at radius 1 is 1.29 bits per heavy atom. The van der Waals surface area contributed by atoms with Crippen molar-refractivity contribution < 1.29 is 4.79 Å². The molecule has 0 saturated carbocycles. The number of likely N-dealkylation sites (tertiary alicyclic amines) is 1. The molecule has 21 heavy (non-hydrogen) atoms. The van der Waals surface area contributed by atoms with Gasteiger partial charge >= 0.3 is 0 Å². The number of piperidine rings is 1. The van der Waals surface area contributed by atoms with E-state index in [1.807, 2.05) is 12.1 Å². The molecule has 5 nitrogen and oxygen atoms in total. The molecule has 0 aromatic heterocycles. The summed E-state index contributed by atoms with van der Waals surface area (Å²) in [4.78, 5) is 16.1. The fraction of sp³-hybridized carbons (Fsp3) is 0.562. The van der Waals surface area contributed by atoms with Crippen molar-refractivity contribution in [2.24, 2.45) is 5.84 Å². The highest BCUT2D eigenvalue weighted by Crippen LogP contribution is 2.17. The van der Waals surface area contributed by atoms with Crippen LogP contribution < -0.4 is 11.3 Å². The van der Waals surface area contributed by atoms with Crippen LogP contribution in [0.5, 0.6) is 0 Å². The Labute approximate surface area is 127 Å². The predicted octanol–water partition coefficient (Wildman–Crippen LogP) is 0.745. The summed E-state index contributed by atoms with van der Waals surface area (Å²) in [5, 5.41) is 0. The van der Waals surface area contributed by atoms with Crippen molar-refractivity contribution in [2.45, 2.75) is 31.8 Å². The summed E-state index contributed by atoms with van der Waals surface area (Å²) in [7, 11) is 4.39. The van der Waals surface area contributed by atoms with Crippen LogP contribution in [0.15, 0.2) is 24.3 Å². The second kappa shape index (κ2) is 7.54. The summed E-state index contributed by atoms with van der Waals surface area (Å²) >= 11 is 0. The van der Waals surface area contributed by atoms with E-state index in [2.05, 4.69) is 41.5 Å². The zero-order valence-electron chi connectivity index (χ0n) is 13.0. The normalized spacial score (nSPS) is 17.1. The Morgan fingerprint density at radius 2 is 1.86 bits per heavy atom. The van der Waals surface area contributed by atoms with Crippen LogP contribution in [0, 0.1) is 0 Å². The fourth-order valence-electron chi connectivity index (χ4n) is 2.85. The summed E-state index contributed by atoms with van der Waals surface area (Å²) in [5.74, 6) is 4.94. The van der Waals surface area contributed by atoms with Gasteiger partial charge in [-0.15, -0.1) is 0 Å². The number of hydrogen-bond acceptors (Lipinski definition) is 4. The Balaban J connectivity index is 1.86. The average Bonchev–Trinajstić information content (AvgIpc) is 2.49. The second-order valence-electron chi connectivity index (χ2n) is 6.01. The van der Waals surface area contributed by atoms with Crippen LogP contribution >= 0.6 is 0 Å². The van der Waals surface area contributed by atoms with Gasteiger partial charge in [-0.05, 0) is 51.2 Å². The van der Waals surface area contributed by atoms with E-state index in [0.29, 0.717) is 12.5 Å². The van der Waals surface area contributed by atoms with Crippen LogP contribution in [-0.4, -0.2) is 48.9 Å². The van der Waals surface area contributed by atoms with Crippen LogP contribution in [0.25, 0.3) is 0 Å². The molecule has 1 aromatic carbocycles. The van der Waals surface area contributed by atoms with Crippen LogP contribution in [0.3, 0.4) is 0 Å². The molecule has 0 spiro atoms. The number of amides is 1. The van der Waals surface area contributed by atoms with Crippen molar-refractivity contribution in [3.8, 4) is 0 Å². The van der Waals surface area contributed by atoms with Crippen LogP contribution in [0.4, 0.5) is 0 Å². The molecule has 0 bridgehead atoms. The molecule has 1 amide bonds. The maximum Gasteiger partial charge on any atom is 0.238 e. The highest BCUT2D eigenvalue weighted by atomic mass is 16.2. The molecule has 1 saturated heterocycles. The number of rotatable bonds is 5. The summed E-state index contributed by atoms with van der Waals surface area (Å²) in [5.41, 5.74) is 4.43. The van der Waals surface area contributed by atoms with E-state index in [1.165, 1.54) is 31.5 Å². The van der Waals surface area contributed by atoms with Gasteiger partial charge in [0.05, 0.1) is 6.42 Å². The first-order valence-electron chi connectivity index (χ1n) is 7.54. The number of nitrogens with zero attached hydrogens (tertiary/aromatic N) is 2. The van der Waals surface area contributed by atoms with Gasteiger partial charge in [0, 0.05) is 12.6 Å². The number of nitrogens with one attached hydrogen (secondary N) is 1. The van der Waals surface area contributed by atoms with Gasteiger partial charge in [0.25, 0.3) is 0 Å². The molecule has 3 N–H and O–H groups in total. The lowest BCUT2D eigenvalue weighted by Gasteiger charge is -2.35. The van der Waals surface area contributed by atoms with Crippen molar-refractivity contribution in [2.75, 3.05) is 27.2 Å². The van der Waals surface area contributed by atoms with Gasteiger partial charge in [0.1, 0.15) is 0 Å². The molecule has 1 fully saturated rings. The Hall–Kier alpha value is -1.43. The standard InChI is InChI=1S/C16H26N4O/c1-19-9-7-15(8-10-19)20(2)12-14-5-3-13(4-6-14)11-16(21)18-17/h3-6,15H,7-12,17H2,1-2H3,(H,18,21). The first-order chi connectivity index (χ1) is 10.1. The van der Waals surface area contributed by atoms with Gasteiger partial charge in [0.15, 0.2) is 0 Å². The Bertz CT molecular complexity index is 452. The van der Waals surface area contributed by atoms with Gasteiger partial charge in [-0.1, -0.05) is 24.3 Å². The zero-order chi connectivity index (χ0) is 15.2. The monoisotopic (exact) mass is 290 g/mol. The molecule has 0 aliphatic carbocycles. The summed E-state index contributed by atoms with van der Waals surface area (Å²) in [6.45, 7) is 3.32. The maximum absolute atomic E-state index is 11.2. The van der Waals surface area contributed by atoms with E-state index in [4.69, 9.17) is 5.84 Å². The molecular formula is C16H26N4O. The molecule has 1 aliphatic rings. The summed E-state index contributed by atoms with van der Waals surface area (Å²) in [6.07, 6.45) is 2.81. The number of benzene rings is 1. The van der Waals surface area contributed by atoms with Crippen LogP contribution in [-0.2, 0) is 17.8 Å². The third-order valence-electron chi connectivity index (χ3n) is 4.29. The zero-order valence-corrected chi connectivity index (χ0v) is 13.0. The minimum absolute atomic E-state index is 0.161. The smallest absolute Gasteiger partial charge is 0.238 e. The van der Waals surface area contributed by atoms with E-state index in [-0.39, 0.29) is 5.91 Å². The molecule has 116 valence electrons. The number of hydrazine groups is 1. The van der Waals surface area contributed by atoms with E-state index >= 15 is 0 Å². The Kier molecular flexibility index (Phi) is 5.73. The van der Waals surface area contributed by atoms with Crippen molar-refractivity contribution in [3.63, 3.8) is 0 Å². The lowest BCUT2D eigenvalue weighted by atomic mass is 10.0. The topological polar surface area (TPSA) is 61.6 Å². The van der Waals surface area contributed by atoms with Gasteiger partial charge in [-0.3, -0.25) is 15.1 Å². The van der Waals surface area contributed by atoms with Crippen molar-refractivity contribution in [1.29, 1.82) is 0 Å². The lowest BCUT2D eigenvalue weighted by Crippen LogP contribution is -2.41. The van der Waals surface area contributed by atoms with Crippen molar-refractivity contribution >= 4 is 5.91 Å². The number of nitrogens with two attached hydrogens (primary N) is 1. The highest BCUT2D eigenvalue weighted by molar-refractivity contribution is 5.77.